The summed E-state index contributed by atoms with van der Waals surface area (Å²) >= 11 is 1.55. The maximum absolute atomic E-state index is 11.5. The van der Waals surface area contributed by atoms with Gasteiger partial charge in [-0.2, -0.15) is 5.10 Å². The highest BCUT2D eigenvalue weighted by atomic mass is 32.1. The Balaban J connectivity index is 1.38. The lowest BCUT2D eigenvalue weighted by molar-refractivity contribution is 0.0689. The Labute approximate surface area is 235 Å². The van der Waals surface area contributed by atoms with Crippen LogP contribution in [0.4, 0.5) is 0 Å². The van der Waals surface area contributed by atoms with E-state index in [2.05, 4.69) is 88.2 Å². The third-order valence-electron chi connectivity index (χ3n) is 6.89. The van der Waals surface area contributed by atoms with Crippen molar-refractivity contribution in [3.05, 3.63) is 87.5 Å². The molecule has 39 heavy (non-hydrogen) atoms. The molecule has 206 valence electrons. The molecule has 0 aliphatic rings. The third-order valence-corrected chi connectivity index (χ3v) is 7.72. The normalized spacial score (nSPS) is 11.7. The van der Waals surface area contributed by atoms with Gasteiger partial charge in [0.2, 0.25) is 0 Å². The van der Waals surface area contributed by atoms with E-state index in [1.807, 2.05) is 5.38 Å². The van der Waals surface area contributed by atoms with Crippen LogP contribution in [-0.2, 0) is 18.6 Å². The maximum Gasteiger partial charge on any atom is 0.356 e. The van der Waals surface area contributed by atoms with Crippen LogP contribution in [0.3, 0.4) is 0 Å². The molecule has 7 heteroatoms. The van der Waals surface area contributed by atoms with Crippen LogP contribution in [0, 0.1) is 0 Å². The molecule has 0 fully saturated rings. The lowest BCUT2D eigenvalue weighted by Crippen LogP contribution is -2.18. The van der Waals surface area contributed by atoms with E-state index < -0.39 is 5.97 Å². The van der Waals surface area contributed by atoms with Gasteiger partial charge in [0.25, 0.3) is 0 Å². The zero-order valence-electron chi connectivity index (χ0n) is 23.6. The number of aromatic carboxylic acids is 1. The molecule has 4 rings (SSSR count). The molecule has 6 nitrogen and oxygen atoms in total. The number of carboxylic acid groups (broad SMARTS) is 1. The zero-order chi connectivity index (χ0) is 28.0. The van der Waals surface area contributed by atoms with E-state index >= 15 is 0 Å². The molecule has 0 radical (unpaired) electrons. The Kier molecular flexibility index (Phi) is 9.23. The minimum absolute atomic E-state index is 0.0580. The van der Waals surface area contributed by atoms with E-state index in [1.54, 1.807) is 22.1 Å². The van der Waals surface area contributed by atoms with Crippen molar-refractivity contribution < 1.29 is 14.6 Å². The molecule has 0 bridgehead atoms. The van der Waals surface area contributed by atoms with Gasteiger partial charge in [0.05, 0.1) is 12.2 Å². The molecule has 2 heterocycles. The lowest BCUT2D eigenvalue weighted by Gasteiger charge is -2.19. The van der Waals surface area contributed by atoms with Crippen molar-refractivity contribution in [3.8, 4) is 17.0 Å². The largest absolute Gasteiger partial charge is 0.489 e. The Morgan fingerprint density at radius 2 is 1.69 bits per heavy atom. The number of carboxylic acids is 1. The van der Waals surface area contributed by atoms with E-state index in [-0.39, 0.29) is 11.1 Å². The fourth-order valence-electron chi connectivity index (χ4n) is 4.84. The molecule has 0 unspecified atom stereocenters. The first-order valence-electron chi connectivity index (χ1n) is 13.8. The van der Waals surface area contributed by atoms with Gasteiger partial charge < -0.3 is 9.84 Å². The number of thiazole rings is 1. The monoisotopic (exact) mass is 545 g/mol. The van der Waals surface area contributed by atoms with E-state index in [1.165, 1.54) is 31.2 Å². The highest BCUT2D eigenvalue weighted by Crippen LogP contribution is 2.29. The van der Waals surface area contributed by atoms with Gasteiger partial charge >= 0.3 is 5.97 Å². The molecular formula is C32H39N3O3S. The quantitative estimate of drug-likeness (QED) is 0.194. The minimum Gasteiger partial charge on any atom is -0.489 e. The summed E-state index contributed by atoms with van der Waals surface area (Å²) in [7, 11) is 0. The number of nitrogens with zero attached hydrogens (tertiary/aromatic N) is 3. The molecule has 0 aliphatic carbocycles. The van der Waals surface area contributed by atoms with Gasteiger partial charge in [-0.25, -0.2) is 9.78 Å². The van der Waals surface area contributed by atoms with E-state index in [4.69, 9.17) is 9.72 Å². The standard InChI is InChI=1S/C32H39N3O3S/c1-6-8-23(9-7-2)24-14-16-26(17-15-24)38-20-22-10-12-25(13-11-22)28-21-39-30(33-28)19-35-29(32(3,4)5)18-27(34-35)31(36)37/h10-18,21,23H,6-9,19-20H2,1-5H3,(H,36,37). The topological polar surface area (TPSA) is 77.2 Å². The highest BCUT2D eigenvalue weighted by molar-refractivity contribution is 7.09. The Morgan fingerprint density at radius 1 is 1.03 bits per heavy atom. The van der Waals surface area contributed by atoms with Crippen molar-refractivity contribution in [1.82, 2.24) is 14.8 Å². The van der Waals surface area contributed by atoms with Crippen LogP contribution in [0.1, 0.15) is 98.5 Å². The van der Waals surface area contributed by atoms with Crippen molar-refractivity contribution in [2.24, 2.45) is 0 Å². The second kappa shape index (κ2) is 12.6. The average molecular weight is 546 g/mol. The number of hydrogen-bond donors (Lipinski definition) is 1. The van der Waals surface area contributed by atoms with Crippen LogP contribution < -0.4 is 4.74 Å². The van der Waals surface area contributed by atoms with Crippen molar-refractivity contribution in [2.45, 2.75) is 84.8 Å². The van der Waals surface area contributed by atoms with Crippen molar-refractivity contribution >= 4 is 17.3 Å². The Morgan fingerprint density at radius 3 is 2.28 bits per heavy atom. The summed E-state index contributed by atoms with van der Waals surface area (Å²) in [6.07, 6.45) is 4.87. The smallest absolute Gasteiger partial charge is 0.356 e. The highest BCUT2D eigenvalue weighted by Gasteiger charge is 2.24. The average Bonchev–Trinajstić information content (AvgIpc) is 3.56. The van der Waals surface area contributed by atoms with Gasteiger partial charge in [-0.05, 0) is 48.1 Å². The number of aromatic nitrogens is 3. The number of rotatable bonds is 12. The summed E-state index contributed by atoms with van der Waals surface area (Å²) < 4.78 is 7.81. The lowest BCUT2D eigenvalue weighted by atomic mass is 9.90. The van der Waals surface area contributed by atoms with Crippen LogP contribution in [0.2, 0.25) is 0 Å². The predicted octanol–water partition coefficient (Wildman–Crippen LogP) is 8.31. The maximum atomic E-state index is 11.5. The van der Waals surface area contributed by atoms with Crippen LogP contribution in [0.15, 0.2) is 60.0 Å². The molecule has 0 saturated carbocycles. The Bertz CT molecular complexity index is 1360. The summed E-state index contributed by atoms with van der Waals surface area (Å²) in [5, 5.41) is 16.6. The van der Waals surface area contributed by atoms with Crippen LogP contribution in [-0.4, -0.2) is 25.8 Å². The van der Waals surface area contributed by atoms with Gasteiger partial charge in [0.15, 0.2) is 5.69 Å². The molecule has 0 saturated heterocycles. The molecule has 0 spiro atoms. The number of benzene rings is 2. The predicted molar refractivity (Wildman–Crippen MR) is 158 cm³/mol. The first kappa shape index (κ1) is 28.6. The van der Waals surface area contributed by atoms with Crippen LogP contribution in [0.25, 0.3) is 11.3 Å². The van der Waals surface area contributed by atoms with Crippen LogP contribution >= 0.6 is 11.3 Å². The number of carbonyl (C=O) groups is 1. The fourth-order valence-corrected chi connectivity index (χ4v) is 5.62. The summed E-state index contributed by atoms with van der Waals surface area (Å²) in [6, 6.07) is 18.5. The van der Waals surface area contributed by atoms with Crippen molar-refractivity contribution in [3.63, 3.8) is 0 Å². The van der Waals surface area contributed by atoms with E-state index in [0.29, 0.717) is 19.1 Å². The number of hydrogen-bond acceptors (Lipinski definition) is 5. The molecule has 0 amide bonds. The first-order valence-corrected chi connectivity index (χ1v) is 14.6. The summed E-state index contributed by atoms with van der Waals surface area (Å²) in [5.41, 5.74) is 5.14. The third kappa shape index (κ3) is 7.35. The minimum atomic E-state index is -1.02. The van der Waals surface area contributed by atoms with Gasteiger partial charge in [-0.15, -0.1) is 11.3 Å². The molecule has 0 aliphatic heterocycles. The SMILES string of the molecule is CCCC(CCC)c1ccc(OCc2ccc(-c3csc(Cn4nc(C(=O)O)cc4C(C)(C)C)n3)cc2)cc1. The van der Waals surface area contributed by atoms with Crippen molar-refractivity contribution in [1.29, 1.82) is 0 Å². The fraction of sp³-hybridized carbons (Fsp3) is 0.406. The molecule has 2 aromatic heterocycles. The van der Waals surface area contributed by atoms with Gasteiger partial charge in [-0.3, -0.25) is 4.68 Å². The van der Waals surface area contributed by atoms with Crippen LogP contribution in [0.5, 0.6) is 5.75 Å². The van der Waals surface area contributed by atoms with Gasteiger partial charge in [0.1, 0.15) is 17.4 Å². The molecule has 1 N–H and O–H groups in total. The van der Waals surface area contributed by atoms with Gasteiger partial charge in [0, 0.05) is 22.1 Å². The zero-order valence-corrected chi connectivity index (χ0v) is 24.4. The molecule has 4 aromatic rings. The summed E-state index contributed by atoms with van der Waals surface area (Å²) in [5.74, 6) is 0.501. The molecule has 2 aromatic carbocycles. The van der Waals surface area contributed by atoms with E-state index in [0.717, 1.165) is 33.3 Å². The molecular weight excluding hydrogens is 506 g/mol. The first-order chi connectivity index (χ1) is 18.7. The summed E-state index contributed by atoms with van der Waals surface area (Å²) in [4.78, 5) is 16.3. The van der Waals surface area contributed by atoms with E-state index in [9.17, 15) is 9.90 Å². The second-order valence-corrected chi connectivity index (χ2v) is 12.0. The second-order valence-electron chi connectivity index (χ2n) is 11.1. The number of ether oxygens (including phenoxy) is 1. The summed E-state index contributed by atoms with van der Waals surface area (Å²) in [6.45, 7) is 11.6. The molecule has 0 atom stereocenters. The van der Waals surface area contributed by atoms with Gasteiger partial charge in [-0.1, -0.05) is 83.9 Å². The van der Waals surface area contributed by atoms with Crippen molar-refractivity contribution in [2.75, 3.05) is 0 Å². The Hall–Kier alpha value is -3.45.